The number of nitrogens with two attached hydrogens (primary N) is 1. The highest BCUT2D eigenvalue weighted by Gasteiger charge is 2.39. The van der Waals surface area contributed by atoms with Crippen LogP contribution in [-0.4, -0.2) is 65.6 Å². The lowest BCUT2D eigenvalue weighted by atomic mass is 9.87. The van der Waals surface area contributed by atoms with E-state index in [4.69, 9.17) is 5.84 Å². The number of nitrogens with zero attached hydrogens (tertiary/aromatic N) is 3. The molecule has 12 nitrogen and oxygen atoms in total. The van der Waals surface area contributed by atoms with Gasteiger partial charge in [-0.3, -0.25) is 15.2 Å². The van der Waals surface area contributed by atoms with Gasteiger partial charge in [0.1, 0.15) is 6.17 Å². The summed E-state index contributed by atoms with van der Waals surface area (Å²) in [5.74, 6) is 6.38. The summed E-state index contributed by atoms with van der Waals surface area (Å²) in [6, 6.07) is 30.3. The van der Waals surface area contributed by atoms with Crippen LogP contribution in [0, 0.1) is 0 Å². The first kappa shape index (κ1) is 34.7. The second-order valence-corrected chi connectivity index (χ2v) is 14.4. The number of methoxy groups -OCH3 is 1. The fourth-order valence-corrected chi connectivity index (χ4v) is 7.18. The van der Waals surface area contributed by atoms with Crippen molar-refractivity contribution in [2.24, 2.45) is 5.84 Å². The fourth-order valence-electron chi connectivity index (χ4n) is 7.18. The zero-order chi connectivity index (χ0) is 36.4. The number of nitrogens with one attached hydrogen (secondary N) is 5. The smallest absolute Gasteiger partial charge is 0.421 e. The van der Waals surface area contributed by atoms with E-state index in [1.165, 1.54) is 12.7 Å². The van der Waals surface area contributed by atoms with Crippen LogP contribution >= 0.6 is 0 Å². The number of hydrazine groups is 2. The van der Waals surface area contributed by atoms with Gasteiger partial charge in [-0.15, -0.1) is 0 Å². The van der Waals surface area contributed by atoms with E-state index in [2.05, 4.69) is 142 Å². The van der Waals surface area contributed by atoms with Crippen LogP contribution in [0.2, 0.25) is 0 Å². The Hall–Kier alpha value is -5.72. The Bertz CT molecular complexity index is 1980. The summed E-state index contributed by atoms with van der Waals surface area (Å²) in [5.41, 5.74) is 15.9. The summed E-state index contributed by atoms with van der Waals surface area (Å²) >= 11 is 0. The summed E-state index contributed by atoms with van der Waals surface area (Å²) in [5, 5.41) is 11.8. The third-order valence-corrected chi connectivity index (χ3v) is 9.99. The Morgan fingerprint density at radius 3 is 2.06 bits per heavy atom. The Morgan fingerprint density at radius 2 is 1.48 bits per heavy atom. The lowest BCUT2D eigenvalue weighted by Crippen LogP contribution is -2.56. The van der Waals surface area contributed by atoms with Crippen LogP contribution in [-0.2, 0) is 14.9 Å². The van der Waals surface area contributed by atoms with Crippen molar-refractivity contribution in [3.8, 4) is 28.2 Å². The lowest BCUT2D eigenvalue weighted by Gasteiger charge is -2.33. The lowest BCUT2D eigenvalue weighted by molar-refractivity contribution is -0.132. The summed E-state index contributed by atoms with van der Waals surface area (Å²) in [6.45, 7) is 8.01. The Balaban J connectivity index is 1.12. The van der Waals surface area contributed by atoms with Gasteiger partial charge in [0, 0.05) is 24.6 Å². The summed E-state index contributed by atoms with van der Waals surface area (Å²) < 4.78 is 6.88. The highest BCUT2D eigenvalue weighted by molar-refractivity contribution is 5.80. The van der Waals surface area contributed by atoms with Crippen LogP contribution in [0.5, 0.6) is 0 Å². The number of ether oxygens (including phenoxy) is 1. The normalized spacial score (nSPS) is 18.3. The largest absolute Gasteiger partial charge is 0.452 e. The molecule has 7 N–H and O–H groups in total. The maximum absolute atomic E-state index is 13.0. The van der Waals surface area contributed by atoms with Crippen LogP contribution in [0.1, 0.15) is 50.3 Å². The minimum Gasteiger partial charge on any atom is -0.452 e. The van der Waals surface area contributed by atoms with E-state index >= 15 is 0 Å². The first-order valence-electron chi connectivity index (χ1n) is 17.7. The molecule has 0 radical (unpaired) electrons. The molecule has 3 aliphatic rings. The van der Waals surface area contributed by atoms with E-state index in [1.807, 2.05) is 17.3 Å². The molecule has 1 unspecified atom stereocenters. The van der Waals surface area contributed by atoms with Gasteiger partial charge in [0.15, 0.2) is 0 Å². The van der Waals surface area contributed by atoms with Crippen LogP contribution < -0.4 is 32.6 Å². The molecule has 4 aromatic rings. The molecular formula is C40H47N9O3. The predicted molar refractivity (Wildman–Crippen MR) is 204 cm³/mol. The number of amides is 2. The quantitative estimate of drug-likeness (QED) is 0.107. The molecule has 3 aliphatic heterocycles. The van der Waals surface area contributed by atoms with Gasteiger partial charge in [-0.2, -0.15) is 0 Å². The van der Waals surface area contributed by atoms with Gasteiger partial charge in [-0.1, -0.05) is 81.4 Å². The van der Waals surface area contributed by atoms with E-state index in [9.17, 15) is 9.59 Å². The molecule has 7 rings (SSSR count). The summed E-state index contributed by atoms with van der Waals surface area (Å²) in [4.78, 5) is 26.2. The number of carbonyl (C=O) groups is 2. The van der Waals surface area contributed by atoms with E-state index in [0.29, 0.717) is 6.54 Å². The van der Waals surface area contributed by atoms with Crippen molar-refractivity contribution in [1.82, 2.24) is 41.3 Å². The number of carbonyl (C=O) groups excluding carboxylic acids is 2. The van der Waals surface area contributed by atoms with Crippen molar-refractivity contribution in [3.63, 3.8) is 0 Å². The minimum atomic E-state index is -0.655. The first-order chi connectivity index (χ1) is 25.1. The molecule has 3 aromatic carbocycles. The summed E-state index contributed by atoms with van der Waals surface area (Å²) in [7, 11) is 1.27. The Labute approximate surface area is 304 Å². The zero-order valence-corrected chi connectivity index (χ0v) is 30.1. The zero-order valence-electron chi connectivity index (χ0n) is 30.1. The summed E-state index contributed by atoms with van der Waals surface area (Å²) in [6.07, 6.45) is 4.65. The maximum Gasteiger partial charge on any atom is 0.421 e. The van der Waals surface area contributed by atoms with E-state index in [0.717, 1.165) is 70.2 Å². The Kier molecular flexibility index (Phi) is 9.67. The van der Waals surface area contributed by atoms with Crippen molar-refractivity contribution >= 4 is 23.4 Å². The standard InChI is InChI=1S/C40H47N9O3/c1-40(2,3)30-15-17-31(18-16-30)49-34(28-11-7-26(8-12-28)32-22-42-25-43-32)19-20-35(49)29-13-9-27(10-14-29)33-24-48(41)38(45-33)36-6-5-21-47(36)37(50)23-44-46-39(51)52-4/h7-20,22,24,36,38,42-45H,5-6,21,23,25,41H2,1-4H3,(H,46,51)/t36-,38?/m0/s1. The van der Waals surface area contributed by atoms with Gasteiger partial charge in [0.05, 0.1) is 49.1 Å². The number of aromatic nitrogens is 1. The molecule has 2 atom stereocenters. The molecule has 12 heteroatoms. The fraction of sp³-hybridized carbons (Fsp3) is 0.300. The molecular weight excluding hydrogens is 654 g/mol. The monoisotopic (exact) mass is 701 g/mol. The third kappa shape index (κ3) is 7.07. The van der Waals surface area contributed by atoms with Crippen LogP contribution in [0.25, 0.3) is 39.6 Å². The van der Waals surface area contributed by atoms with E-state index in [-0.39, 0.29) is 30.1 Å². The van der Waals surface area contributed by atoms with Gasteiger partial charge >= 0.3 is 6.09 Å². The molecule has 0 aliphatic carbocycles. The van der Waals surface area contributed by atoms with Crippen molar-refractivity contribution in [2.45, 2.75) is 51.2 Å². The topological polar surface area (TPSA) is 141 Å². The molecule has 270 valence electrons. The molecule has 1 fully saturated rings. The average Bonchev–Trinajstić information content (AvgIpc) is 3.98. The van der Waals surface area contributed by atoms with Crippen molar-refractivity contribution < 1.29 is 14.3 Å². The van der Waals surface area contributed by atoms with Gasteiger partial charge in [-0.25, -0.2) is 16.1 Å². The highest BCUT2D eigenvalue weighted by Crippen LogP contribution is 2.35. The van der Waals surface area contributed by atoms with Gasteiger partial charge in [0.2, 0.25) is 5.91 Å². The van der Waals surface area contributed by atoms with Crippen LogP contribution in [0.3, 0.4) is 0 Å². The number of benzene rings is 3. The van der Waals surface area contributed by atoms with Crippen molar-refractivity contribution in [2.75, 3.05) is 26.9 Å². The third-order valence-electron chi connectivity index (χ3n) is 9.99. The van der Waals surface area contributed by atoms with Crippen LogP contribution in [0.4, 0.5) is 4.79 Å². The molecule has 0 saturated carbocycles. The average molecular weight is 702 g/mol. The molecule has 0 bridgehead atoms. The van der Waals surface area contributed by atoms with E-state index < -0.39 is 6.09 Å². The second kappa shape index (κ2) is 14.5. The number of rotatable bonds is 9. The Morgan fingerprint density at radius 1 is 0.865 bits per heavy atom. The molecule has 0 spiro atoms. The SMILES string of the molecule is COC(=O)NNCC(=O)N1CCC[C@H]1C1NC(c2ccc(-c3ccc(-c4ccc(C5=CNCN5)cc4)n3-c3ccc(C(C)(C)C)cc3)cc2)=CN1N. The molecule has 4 heterocycles. The molecule has 1 saturated heterocycles. The van der Waals surface area contributed by atoms with Crippen LogP contribution in [0.15, 0.2) is 97.3 Å². The second-order valence-electron chi connectivity index (χ2n) is 14.4. The van der Waals surface area contributed by atoms with E-state index in [1.54, 1.807) is 5.01 Å². The first-order valence-corrected chi connectivity index (χ1v) is 17.7. The van der Waals surface area contributed by atoms with Crippen molar-refractivity contribution in [3.05, 3.63) is 114 Å². The molecule has 1 aromatic heterocycles. The van der Waals surface area contributed by atoms with Gasteiger partial charge in [0.25, 0.3) is 0 Å². The molecule has 2 amide bonds. The predicted octanol–water partition coefficient (Wildman–Crippen LogP) is 4.81. The highest BCUT2D eigenvalue weighted by atomic mass is 16.5. The number of likely N-dealkylation sites (tertiary alicyclic amines) is 1. The van der Waals surface area contributed by atoms with Crippen molar-refractivity contribution in [1.29, 1.82) is 0 Å². The van der Waals surface area contributed by atoms with Gasteiger partial charge in [-0.05, 0) is 70.3 Å². The maximum atomic E-state index is 13.0. The molecule has 52 heavy (non-hydrogen) atoms. The number of hydrogen-bond acceptors (Lipinski definition) is 9. The number of hydrogen-bond donors (Lipinski definition) is 6. The minimum absolute atomic E-state index is 0.0480. The van der Waals surface area contributed by atoms with Gasteiger partial charge < -0.3 is 30.2 Å².